The molecule has 288 valence electrons. The number of hydrogen-bond acceptors (Lipinski definition) is 9. The Bertz CT molecular complexity index is 1480. The van der Waals surface area contributed by atoms with Crippen molar-refractivity contribution in [3.63, 3.8) is 0 Å². The minimum absolute atomic E-state index is 0.201. The van der Waals surface area contributed by atoms with Crippen molar-refractivity contribution in [2.45, 2.75) is 163 Å². The molecular weight excluding hydrogens is 667 g/mol. The van der Waals surface area contributed by atoms with E-state index >= 15 is 0 Å². The highest BCUT2D eigenvalue weighted by Gasteiger charge is 2.45. The zero-order chi connectivity index (χ0) is 38.0. The number of rotatable bonds is 13. The third-order valence-corrected chi connectivity index (χ3v) is 13.2. The zero-order valence-electron chi connectivity index (χ0n) is 33.0. The second-order valence-corrected chi connectivity index (χ2v) is 20.5. The molecule has 12 nitrogen and oxygen atoms in total. The summed E-state index contributed by atoms with van der Waals surface area (Å²) >= 11 is 0. The number of carbonyl (C=O) groups is 2. The highest BCUT2D eigenvalue weighted by molar-refractivity contribution is 7.59. The average Bonchev–Trinajstić information content (AvgIpc) is 3.43. The maximum absolute atomic E-state index is 14.9. The Morgan fingerprint density at radius 3 is 1.71 bits per heavy atom. The van der Waals surface area contributed by atoms with E-state index in [0.717, 1.165) is 51.4 Å². The Balaban J connectivity index is 1.46. The molecule has 0 bridgehead atoms. The Morgan fingerprint density at radius 1 is 0.824 bits per heavy atom. The molecule has 2 aliphatic carbocycles. The van der Waals surface area contributed by atoms with Crippen LogP contribution in [0.5, 0.6) is 0 Å². The van der Waals surface area contributed by atoms with Crippen LogP contribution < -0.4 is 15.9 Å². The normalized spacial score (nSPS) is 24.1. The Labute approximate surface area is 305 Å². The van der Waals surface area contributed by atoms with E-state index in [2.05, 4.69) is 61.7 Å². The molecule has 2 fully saturated rings. The number of aromatic nitrogens is 3. The van der Waals surface area contributed by atoms with Gasteiger partial charge in [-0.15, -0.1) is 0 Å². The van der Waals surface area contributed by atoms with E-state index in [-0.39, 0.29) is 29.4 Å². The number of fused-ring (bicyclic) bond motifs is 1. The van der Waals surface area contributed by atoms with E-state index in [4.69, 9.17) is 19.9 Å². The molecule has 0 radical (unpaired) electrons. The van der Waals surface area contributed by atoms with Crippen LogP contribution in [0.1, 0.15) is 128 Å². The van der Waals surface area contributed by atoms with Crippen molar-refractivity contribution in [2.24, 2.45) is 22.7 Å². The lowest BCUT2D eigenvalue weighted by Gasteiger charge is -2.39. The molecule has 0 amide bonds. The second-order valence-electron chi connectivity index (χ2n) is 18.3. The molecule has 51 heavy (non-hydrogen) atoms. The molecule has 1 atom stereocenters. The Morgan fingerprint density at radius 2 is 1.27 bits per heavy atom. The first-order valence-corrected chi connectivity index (χ1v) is 20.7. The van der Waals surface area contributed by atoms with E-state index in [1.54, 1.807) is 46.3 Å². The van der Waals surface area contributed by atoms with Gasteiger partial charge >= 0.3 is 11.9 Å². The molecule has 0 aliphatic heterocycles. The summed E-state index contributed by atoms with van der Waals surface area (Å²) in [6, 6.07) is 1.69. The zero-order valence-corrected chi connectivity index (χ0v) is 33.9. The quantitative estimate of drug-likeness (QED) is 0.137. The standard InChI is InChI=1S/C38H65N6O6P/c1-25(22-44-23-41-31-30(39)20-21-40-32(31)44)48-24-51(47,42-37(8,9)33(45)49-28-16-12-26(13-17-28)35(2,3)4)43-38(10,11)34(46)50-29-18-14-27(15-19-29)36(5,6)7/h20-21,23,25-29H,12-19,22,24H2,1-11H3,(H2,39,40)(H2,42,43,47)/t25-,26?,27?,28?,29?,51?/m1/s1. The maximum atomic E-state index is 14.9. The number of nitrogens with two attached hydrogens (primary N) is 1. The van der Waals surface area contributed by atoms with Gasteiger partial charge < -0.3 is 24.5 Å². The topological polar surface area (TPSA) is 160 Å². The van der Waals surface area contributed by atoms with Crippen LogP contribution in [-0.2, 0) is 34.9 Å². The number of hydrogen-bond donors (Lipinski definition) is 3. The van der Waals surface area contributed by atoms with Crippen molar-refractivity contribution < 1.29 is 28.4 Å². The third-order valence-electron chi connectivity index (χ3n) is 10.8. The molecule has 0 aromatic carbocycles. The number of esters is 2. The van der Waals surface area contributed by atoms with Gasteiger partial charge in [-0.2, -0.15) is 0 Å². The van der Waals surface area contributed by atoms with Gasteiger partial charge in [0.05, 0.1) is 24.7 Å². The lowest BCUT2D eigenvalue weighted by molar-refractivity contribution is -0.157. The number of nitrogens with zero attached hydrogens (tertiary/aromatic N) is 3. The molecule has 0 saturated heterocycles. The molecule has 2 heterocycles. The van der Waals surface area contributed by atoms with E-state index in [1.165, 1.54) is 0 Å². The molecule has 2 aliphatic rings. The summed E-state index contributed by atoms with van der Waals surface area (Å²) in [7, 11) is -3.82. The van der Waals surface area contributed by atoms with Gasteiger partial charge in [0.15, 0.2) is 5.65 Å². The van der Waals surface area contributed by atoms with Crippen LogP contribution in [0.25, 0.3) is 11.2 Å². The highest BCUT2D eigenvalue weighted by Crippen LogP contribution is 2.44. The van der Waals surface area contributed by atoms with Crippen molar-refractivity contribution in [1.29, 1.82) is 0 Å². The van der Waals surface area contributed by atoms with Gasteiger partial charge in [0.1, 0.15) is 35.2 Å². The van der Waals surface area contributed by atoms with Crippen molar-refractivity contribution in [3.8, 4) is 0 Å². The highest BCUT2D eigenvalue weighted by atomic mass is 31.2. The van der Waals surface area contributed by atoms with Crippen molar-refractivity contribution >= 4 is 36.2 Å². The monoisotopic (exact) mass is 732 g/mol. The molecule has 2 aromatic rings. The van der Waals surface area contributed by atoms with Gasteiger partial charge in [0.25, 0.3) is 0 Å². The number of anilines is 1. The van der Waals surface area contributed by atoms with E-state index in [0.29, 0.717) is 35.2 Å². The number of nitrogens with one attached hydrogen (secondary N) is 2. The number of ether oxygens (including phenoxy) is 3. The van der Waals surface area contributed by atoms with Gasteiger partial charge in [0, 0.05) is 6.20 Å². The van der Waals surface area contributed by atoms with Crippen LogP contribution in [0.3, 0.4) is 0 Å². The number of imidazole rings is 1. The van der Waals surface area contributed by atoms with Crippen LogP contribution in [0.4, 0.5) is 5.69 Å². The van der Waals surface area contributed by atoms with Crippen molar-refractivity contribution in [3.05, 3.63) is 18.6 Å². The summed E-state index contributed by atoms with van der Waals surface area (Å²) in [5, 5.41) is 6.14. The number of pyridine rings is 1. The fourth-order valence-corrected chi connectivity index (χ4v) is 10.1. The molecule has 2 saturated carbocycles. The van der Waals surface area contributed by atoms with Gasteiger partial charge in [-0.3, -0.25) is 14.2 Å². The van der Waals surface area contributed by atoms with Crippen LogP contribution in [0.2, 0.25) is 0 Å². The maximum Gasteiger partial charge on any atom is 0.326 e. The SMILES string of the molecule is C[C@H](Cn1cnc2c(N)ccnc21)OCP(=O)(NC(C)(C)C(=O)OC1CCC(C(C)(C)C)CC1)NC(C)(C)C(=O)OC1CCC(C(C)(C)C)CC1. The Kier molecular flexibility index (Phi) is 12.8. The molecule has 2 aromatic heterocycles. The van der Waals surface area contributed by atoms with Crippen LogP contribution in [-0.4, -0.2) is 62.2 Å². The third kappa shape index (κ3) is 11.0. The molecular formula is C38H65N6O6P. The first-order chi connectivity index (χ1) is 23.5. The summed E-state index contributed by atoms with van der Waals surface area (Å²) in [6.45, 7) is 22.3. The van der Waals surface area contributed by atoms with Gasteiger partial charge in [-0.1, -0.05) is 41.5 Å². The van der Waals surface area contributed by atoms with E-state index in [9.17, 15) is 14.2 Å². The number of nitrogen functional groups attached to an aromatic ring is 1. The average molecular weight is 733 g/mol. The van der Waals surface area contributed by atoms with Crippen LogP contribution in [0.15, 0.2) is 18.6 Å². The van der Waals surface area contributed by atoms with Crippen LogP contribution >= 0.6 is 7.44 Å². The molecule has 4 rings (SSSR count). The second kappa shape index (κ2) is 15.8. The minimum Gasteiger partial charge on any atom is -0.461 e. The first-order valence-electron chi connectivity index (χ1n) is 18.8. The van der Waals surface area contributed by atoms with E-state index < -0.39 is 36.6 Å². The number of carbonyl (C=O) groups excluding carboxylic acids is 2. The van der Waals surface area contributed by atoms with E-state index in [1.807, 2.05) is 11.5 Å². The summed E-state index contributed by atoms with van der Waals surface area (Å²) in [5.41, 5.74) is 5.51. The lowest BCUT2D eigenvalue weighted by Crippen LogP contribution is -2.54. The minimum atomic E-state index is -3.82. The molecule has 4 N–H and O–H groups in total. The molecule has 0 spiro atoms. The summed E-state index contributed by atoms with van der Waals surface area (Å²) < 4.78 is 34.9. The fraction of sp³-hybridized carbons (Fsp3) is 0.789. The predicted octanol–water partition coefficient (Wildman–Crippen LogP) is 7.60. The summed E-state index contributed by atoms with van der Waals surface area (Å²) in [5.74, 6) is 0.153. The predicted molar refractivity (Wildman–Crippen MR) is 202 cm³/mol. The van der Waals surface area contributed by atoms with Gasteiger partial charge in [0.2, 0.25) is 7.44 Å². The van der Waals surface area contributed by atoms with Gasteiger partial charge in [-0.25, -0.2) is 20.1 Å². The van der Waals surface area contributed by atoms with Crippen molar-refractivity contribution in [1.82, 2.24) is 24.7 Å². The smallest absolute Gasteiger partial charge is 0.326 e. The summed E-state index contributed by atoms with van der Waals surface area (Å²) in [6.07, 6.45) is 9.24. The largest absolute Gasteiger partial charge is 0.461 e. The summed E-state index contributed by atoms with van der Waals surface area (Å²) in [4.78, 5) is 36.1. The van der Waals surface area contributed by atoms with Gasteiger partial charge in [-0.05, 0) is 115 Å². The first kappa shape index (κ1) is 41.2. The van der Waals surface area contributed by atoms with Crippen molar-refractivity contribution in [2.75, 3.05) is 12.1 Å². The Hall–Kier alpha value is -2.53. The molecule has 13 heteroatoms. The fourth-order valence-electron chi connectivity index (χ4n) is 7.46. The lowest BCUT2D eigenvalue weighted by atomic mass is 9.72. The van der Waals surface area contributed by atoms with Crippen LogP contribution in [0, 0.1) is 22.7 Å². The molecule has 0 unspecified atom stereocenters.